The van der Waals surface area contributed by atoms with Gasteiger partial charge in [0.15, 0.2) is 5.65 Å². The number of anilines is 1. The number of hydrogen-bond donors (Lipinski definition) is 1. The molecule has 0 amide bonds. The average Bonchev–Trinajstić information content (AvgIpc) is 3.05. The molecule has 0 radical (unpaired) electrons. The normalized spacial score (nSPS) is 17.4. The van der Waals surface area contributed by atoms with Gasteiger partial charge in [-0.25, -0.2) is 9.67 Å². The molecular weight excluding hydrogens is 296 g/mol. The quantitative estimate of drug-likeness (QED) is 0.736. The number of aromatic nitrogens is 3. The number of fused-ring (bicyclic) bond motifs is 2. The van der Waals surface area contributed by atoms with Gasteiger partial charge in [0, 0.05) is 18.0 Å². The van der Waals surface area contributed by atoms with Gasteiger partial charge in [-0.15, -0.1) is 0 Å². The first-order valence-corrected chi connectivity index (χ1v) is 9.28. The van der Waals surface area contributed by atoms with E-state index in [2.05, 4.69) is 48.5 Å². The summed E-state index contributed by atoms with van der Waals surface area (Å²) in [6.07, 6.45) is 8.79. The van der Waals surface area contributed by atoms with E-state index in [9.17, 15) is 0 Å². The Morgan fingerprint density at radius 3 is 2.75 bits per heavy atom. The Bertz CT molecular complexity index is 845. The Kier molecular flexibility index (Phi) is 4.13. The Balaban J connectivity index is 1.80. The molecule has 0 aliphatic heterocycles. The van der Waals surface area contributed by atoms with Crippen LogP contribution in [0.2, 0.25) is 0 Å². The minimum atomic E-state index is 0.476. The van der Waals surface area contributed by atoms with Crippen molar-refractivity contribution in [3.05, 3.63) is 30.5 Å². The predicted octanol–water partition coefficient (Wildman–Crippen LogP) is 4.99. The summed E-state index contributed by atoms with van der Waals surface area (Å²) in [6, 6.07) is 8.89. The SMILES string of the molecule is CCn1ncc2c(N[C@@H](C)C3CCCCC3)c3ccccc3nc21. The highest BCUT2D eigenvalue weighted by Crippen LogP contribution is 2.34. The Labute approximate surface area is 143 Å². The molecule has 1 fully saturated rings. The van der Waals surface area contributed by atoms with Crippen LogP contribution in [0.25, 0.3) is 21.9 Å². The highest BCUT2D eigenvalue weighted by molar-refractivity contribution is 6.06. The molecule has 0 bridgehead atoms. The summed E-state index contributed by atoms with van der Waals surface area (Å²) in [5.74, 6) is 0.766. The summed E-state index contributed by atoms with van der Waals surface area (Å²) < 4.78 is 1.98. The lowest BCUT2D eigenvalue weighted by molar-refractivity contribution is 0.328. The van der Waals surface area contributed by atoms with Crippen molar-refractivity contribution in [2.24, 2.45) is 5.92 Å². The molecule has 3 aromatic rings. The third-order valence-electron chi connectivity index (χ3n) is 5.51. The standard InChI is InChI=1S/C20H26N4/c1-3-24-20-17(13-21-24)19(16-11-7-8-12-18(16)23-20)22-14(2)15-9-5-4-6-10-15/h7-8,11-15H,3-6,9-10H2,1-2H3,(H,22,23)/t14-/m0/s1. The molecule has 2 heterocycles. The van der Waals surface area contributed by atoms with Crippen LogP contribution in [0.15, 0.2) is 30.5 Å². The van der Waals surface area contributed by atoms with Gasteiger partial charge in [0.2, 0.25) is 0 Å². The van der Waals surface area contributed by atoms with Gasteiger partial charge in [0.1, 0.15) is 0 Å². The Hall–Kier alpha value is -2.10. The molecule has 4 rings (SSSR count). The van der Waals surface area contributed by atoms with Crippen molar-refractivity contribution in [3.8, 4) is 0 Å². The number of nitrogens with one attached hydrogen (secondary N) is 1. The first kappa shape index (κ1) is 15.4. The minimum absolute atomic E-state index is 0.476. The molecule has 0 saturated heterocycles. The van der Waals surface area contributed by atoms with E-state index in [4.69, 9.17) is 4.98 Å². The number of aryl methyl sites for hydroxylation is 1. The molecular formula is C20H26N4. The second-order valence-electron chi connectivity index (χ2n) is 7.03. The summed E-state index contributed by atoms with van der Waals surface area (Å²) in [6.45, 7) is 5.29. The Morgan fingerprint density at radius 1 is 1.17 bits per heavy atom. The molecule has 1 atom stereocenters. The minimum Gasteiger partial charge on any atom is -0.381 e. The van der Waals surface area contributed by atoms with E-state index in [0.717, 1.165) is 29.0 Å². The van der Waals surface area contributed by atoms with Gasteiger partial charge in [-0.1, -0.05) is 37.5 Å². The van der Waals surface area contributed by atoms with E-state index in [0.29, 0.717) is 6.04 Å². The molecule has 4 nitrogen and oxygen atoms in total. The first-order chi connectivity index (χ1) is 11.8. The van der Waals surface area contributed by atoms with E-state index in [1.54, 1.807) is 0 Å². The van der Waals surface area contributed by atoms with Gasteiger partial charge in [0.25, 0.3) is 0 Å². The Morgan fingerprint density at radius 2 is 1.96 bits per heavy atom. The smallest absolute Gasteiger partial charge is 0.160 e. The lowest BCUT2D eigenvalue weighted by atomic mass is 9.84. The van der Waals surface area contributed by atoms with Crippen LogP contribution in [0, 0.1) is 5.92 Å². The second kappa shape index (κ2) is 6.42. The van der Waals surface area contributed by atoms with Gasteiger partial charge in [-0.3, -0.25) is 0 Å². The molecule has 4 heteroatoms. The largest absolute Gasteiger partial charge is 0.381 e. The molecule has 0 spiro atoms. The number of pyridine rings is 1. The molecule has 1 saturated carbocycles. The zero-order valence-electron chi connectivity index (χ0n) is 14.6. The maximum absolute atomic E-state index is 4.85. The number of para-hydroxylation sites is 1. The maximum atomic E-state index is 4.85. The lowest BCUT2D eigenvalue weighted by Gasteiger charge is -2.29. The fraction of sp³-hybridized carbons (Fsp3) is 0.500. The van der Waals surface area contributed by atoms with Crippen molar-refractivity contribution in [1.82, 2.24) is 14.8 Å². The van der Waals surface area contributed by atoms with Crippen LogP contribution in [-0.4, -0.2) is 20.8 Å². The molecule has 0 unspecified atom stereocenters. The molecule has 1 aromatic carbocycles. The maximum Gasteiger partial charge on any atom is 0.160 e. The number of nitrogens with zero attached hydrogens (tertiary/aromatic N) is 3. The van der Waals surface area contributed by atoms with Gasteiger partial charge in [-0.2, -0.15) is 5.10 Å². The van der Waals surface area contributed by atoms with Crippen molar-refractivity contribution in [3.63, 3.8) is 0 Å². The van der Waals surface area contributed by atoms with Gasteiger partial charge in [-0.05, 0) is 38.7 Å². The van der Waals surface area contributed by atoms with Gasteiger partial charge in [0.05, 0.1) is 22.8 Å². The van der Waals surface area contributed by atoms with E-state index in [1.165, 1.54) is 43.2 Å². The van der Waals surface area contributed by atoms with Crippen LogP contribution in [-0.2, 0) is 6.54 Å². The molecule has 1 N–H and O–H groups in total. The number of benzene rings is 1. The second-order valence-corrected chi connectivity index (χ2v) is 7.03. The number of hydrogen-bond acceptors (Lipinski definition) is 3. The van der Waals surface area contributed by atoms with E-state index >= 15 is 0 Å². The predicted molar refractivity (Wildman–Crippen MR) is 100 cm³/mol. The van der Waals surface area contributed by atoms with Crippen molar-refractivity contribution in [2.75, 3.05) is 5.32 Å². The third kappa shape index (κ3) is 2.64. The van der Waals surface area contributed by atoms with Crippen LogP contribution in [0.5, 0.6) is 0 Å². The van der Waals surface area contributed by atoms with Crippen molar-refractivity contribution in [2.45, 2.75) is 58.5 Å². The number of rotatable bonds is 4. The molecule has 2 aromatic heterocycles. The molecule has 1 aliphatic rings. The van der Waals surface area contributed by atoms with E-state index in [-0.39, 0.29) is 0 Å². The van der Waals surface area contributed by atoms with Crippen molar-refractivity contribution < 1.29 is 0 Å². The van der Waals surface area contributed by atoms with Crippen molar-refractivity contribution in [1.29, 1.82) is 0 Å². The van der Waals surface area contributed by atoms with Crippen LogP contribution in [0.1, 0.15) is 46.0 Å². The van der Waals surface area contributed by atoms with Crippen LogP contribution in [0.4, 0.5) is 5.69 Å². The molecule has 126 valence electrons. The van der Waals surface area contributed by atoms with E-state index in [1.807, 2.05) is 10.9 Å². The average molecular weight is 322 g/mol. The molecule has 1 aliphatic carbocycles. The summed E-state index contributed by atoms with van der Waals surface area (Å²) in [4.78, 5) is 4.85. The van der Waals surface area contributed by atoms with Crippen LogP contribution < -0.4 is 5.32 Å². The summed E-state index contributed by atoms with van der Waals surface area (Å²) in [7, 11) is 0. The monoisotopic (exact) mass is 322 g/mol. The first-order valence-electron chi connectivity index (χ1n) is 9.28. The van der Waals surface area contributed by atoms with E-state index < -0.39 is 0 Å². The van der Waals surface area contributed by atoms with Gasteiger partial charge >= 0.3 is 0 Å². The fourth-order valence-corrected chi connectivity index (χ4v) is 4.08. The third-order valence-corrected chi connectivity index (χ3v) is 5.51. The van der Waals surface area contributed by atoms with Crippen LogP contribution >= 0.6 is 0 Å². The van der Waals surface area contributed by atoms with Gasteiger partial charge < -0.3 is 5.32 Å². The summed E-state index contributed by atoms with van der Waals surface area (Å²) in [5, 5.41) is 10.7. The molecule has 24 heavy (non-hydrogen) atoms. The highest BCUT2D eigenvalue weighted by atomic mass is 15.3. The van der Waals surface area contributed by atoms with Crippen molar-refractivity contribution >= 4 is 27.6 Å². The topological polar surface area (TPSA) is 42.7 Å². The zero-order chi connectivity index (χ0) is 16.5. The fourth-order valence-electron chi connectivity index (χ4n) is 4.08. The van der Waals surface area contributed by atoms with Crippen LogP contribution in [0.3, 0.4) is 0 Å². The zero-order valence-corrected chi connectivity index (χ0v) is 14.6. The summed E-state index contributed by atoms with van der Waals surface area (Å²) in [5.41, 5.74) is 3.22. The highest BCUT2D eigenvalue weighted by Gasteiger charge is 2.22. The lowest BCUT2D eigenvalue weighted by Crippen LogP contribution is -2.27. The summed E-state index contributed by atoms with van der Waals surface area (Å²) >= 11 is 0.